The molecule has 0 aliphatic heterocycles. The highest BCUT2D eigenvalue weighted by atomic mass is 16.5. The maximum Gasteiger partial charge on any atom is 0.343 e. The van der Waals surface area contributed by atoms with E-state index in [4.69, 9.17) is 0 Å². The Bertz CT molecular complexity index is 484. The Morgan fingerprint density at radius 1 is 1.42 bits per heavy atom. The van der Waals surface area contributed by atoms with Crippen LogP contribution in [0.4, 0.5) is 0 Å². The first-order valence-corrected chi connectivity index (χ1v) is 6.82. The average molecular weight is 267 g/mol. The van der Waals surface area contributed by atoms with Crippen LogP contribution in [0.2, 0.25) is 0 Å². The molecule has 1 fully saturated rings. The third kappa shape index (κ3) is 3.24. The molecule has 0 aromatic carbocycles. The number of esters is 1. The van der Waals surface area contributed by atoms with E-state index < -0.39 is 0 Å². The van der Waals surface area contributed by atoms with Gasteiger partial charge in [0.25, 0.3) is 0 Å². The van der Waals surface area contributed by atoms with Crippen molar-refractivity contribution in [2.45, 2.75) is 51.5 Å². The fourth-order valence-corrected chi connectivity index (χ4v) is 2.93. The summed E-state index contributed by atoms with van der Waals surface area (Å²) in [4.78, 5) is 22.8. The highest BCUT2D eigenvalue weighted by molar-refractivity contribution is 5.69. The van der Waals surface area contributed by atoms with Gasteiger partial charge >= 0.3 is 11.7 Å². The molecule has 1 aliphatic carbocycles. The van der Waals surface area contributed by atoms with Crippen molar-refractivity contribution in [2.75, 3.05) is 7.11 Å². The minimum atomic E-state index is -0.135. The maximum absolute atomic E-state index is 11.7. The van der Waals surface area contributed by atoms with Gasteiger partial charge in [0.15, 0.2) is 0 Å². The summed E-state index contributed by atoms with van der Waals surface area (Å²) >= 11 is 0. The smallest absolute Gasteiger partial charge is 0.343 e. The zero-order valence-corrected chi connectivity index (χ0v) is 11.5. The van der Waals surface area contributed by atoms with Crippen LogP contribution in [0.5, 0.6) is 0 Å². The van der Waals surface area contributed by atoms with Crippen molar-refractivity contribution in [1.82, 2.24) is 14.8 Å². The van der Waals surface area contributed by atoms with Crippen LogP contribution in [0.25, 0.3) is 0 Å². The lowest BCUT2D eigenvalue weighted by Gasteiger charge is -2.28. The second-order valence-electron chi connectivity index (χ2n) is 5.24. The van der Waals surface area contributed by atoms with E-state index in [0.717, 1.165) is 37.9 Å². The van der Waals surface area contributed by atoms with Gasteiger partial charge in [0, 0.05) is 12.5 Å². The topological polar surface area (TPSA) is 77.0 Å². The fourth-order valence-electron chi connectivity index (χ4n) is 2.93. The number of carbonyl (C=O) groups excluding carboxylic acids is 1. The number of ether oxygens (including phenoxy) is 1. The van der Waals surface area contributed by atoms with Crippen LogP contribution in [0.1, 0.15) is 50.4 Å². The van der Waals surface area contributed by atoms with Crippen LogP contribution >= 0.6 is 0 Å². The summed E-state index contributed by atoms with van der Waals surface area (Å²) in [6.45, 7) is 1.85. The maximum atomic E-state index is 11.7. The molecule has 1 heterocycles. The molecule has 106 valence electrons. The van der Waals surface area contributed by atoms with E-state index in [1.807, 2.05) is 6.92 Å². The molecule has 6 heteroatoms. The molecule has 2 rings (SSSR count). The molecule has 19 heavy (non-hydrogen) atoms. The molecule has 6 nitrogen and oxygen atoms in total. The van der Waals surface area contributed by atoms with Gasteiger partial charge in [0.05, 0.1) is 7.11 Å². The van der Waals surface area contributed by atoms with E-state index in [-0.39, 0.29) is 17.7 Å². The summed E-state index contributed by atoms with van der Waals surface area (Å²) in [6, 6.07) is 0.251. The van der Waals surface area contributed by atoms with Gasteiger partial charge in [-0.1, -0.05) is 0 Å². The molecule has 1 saturated carbocycles. The van der Waals surface area contributed by atoms with E-state index in [0.29, 0.717) is 12.3 Å². The molecule has 1 aromatic rings. The van der Waals surface area contributed by atoms with Gasteiger partial charge in [0.2, 0.25) is 0 Å². The fraction of sp³-hybridized carbons (Fsp3) is 0.769. The molecule has 0 radical (unpaired) electrons. The summed E-state index contributed by atoms with van der Waals surface area (Å²) in [5, 5.41) is 6.43. The van der Waals surface area contributed by atoms with Crippen molar-refractivity contribution in [3.63, 3.8) is 0 Å². The molecule has 1 aliphatic rings. The SMILES string of the molecule is COC(=O)CC[C@H]1CC[C@H](n2c(C)n[nH]c2=O)CC1. The average Bonchev–Trinajstić information content (AvgIpc) is 2.76. The zero-order valence-electron chi connectivity index (χ0n) is 11.5. The Kier molecular flexibility index (Phi) is 4.39. The number of aryl methyl sites for hydroxylation is 1. The van der Waals surface area contributed by atoms with Crippen LogP contribution < -0.4 is 5.69 Å². The first kappa shape index (κ1) is 13.8. The molecule has 1 N–H and O–H groups in total. The van der Waals surface area contributed by atoms with Gasteiger partial charge < -0.3 is 4.74 Å². The highest BCUT2D eigenvalue weighted by Gasteiger charge is 2.25. The van der Waals surface area contributed by atoms with Gasteiger partial charge in [-0.05, 0) is 44.9 Å². The number of rotatable bonds is 4. The van der Waals surface area contributed by atoms with Gasteiger partial charge in [-0.3, -0.25) is 9.36 Å². The second-order valence-corrected chi connectivity index (χ2v) is 5.24. The summed E-state index contributed by atoms with van der Waals surface area (Å²) < 4.78 is 6.42. The quantitative estimate of drug-likeness (QED) is 0.840. The number of nitrogens with zero attached hydrogens (tertiary/aromatic N) is 2. The van der Waals surface area contributed by atoms with E-state index in [1.54, 1.807) is 4.57 Å². The Hall–Kier alpha value is -1.59. The van der Waals surface area contributed by atoms with Crippen LogP contribution in [0, 0.1) is 12.8 Å². The number of methoxy groups -OCH3 is 1. The largest absolute Gasteiger partial charge is 0.469 e. The number of H-pyrrole nitrogens is 1. The number of nitrogens with one attached hydrogen (secondary N) is 1. The predicted molar refractivity (Wildman–Crippen MR) is 69.8 cm³/mol. The molecule has 1 aromatic heterocycles. The minimum Gasteiger partial charge on any atom is -0.469 e. The summed E-state index contributed by atoms with van der Waals surface area (Å²) in [7, 11) is 1.42. The van der Waals surface area contributed by atoms with E-state index in [2.05, 4.69) is 14.9 Å². The summed E-state index contributed by atoms with van der Waals surface area (Å²) in [5.74, 6) is 1.19. The van der Waals surface area contributed by atoms with E-state index in [1.165, 1.54) is 7.11 Å². The molecule has 0 atom stereocenters. The van der Waals surface area contributed by atoms with Crippen LogP contribution in [0.3, 0.4) is 0 Å². The normalized spacial score (nSPS) is 23.3. The van der Waals surface area contributed by atoms with Gasteiger partial charge in [-0.15, -0.1) is 0 Å². The Morgan fingerprint density at radius 3 is 2.63 bits per heavy atom. The monoisotopic (exact) mass is 267 g/mol. The zero-order chi connectivity index (χ0) is 13.8. The first-order chi connectivity index (χ1) is 9.11. The number of aromatic nitrogens is 3. The number of hydrogen-bond acceptors (Lipinski definition) is 4. The molecule has 0 spiro atoms. The van der Waals surface area contributed by atoms with Gasteiger partial charge in [0.1, 0.15) is 5.82 Å². The second kappa shape index (κ2) is 6.04. The summed E-state index contributed by atoms with van der Waals surface area (Å²) in [6.07, 6.45) is 5.45. The lowest BCUT2D eigenvalue weighted by molar-refractivity contribution is -0.141. The van der Waals surface area contributed by atoms with Gasteiger partial charge in [-0.2, -0.15) is 5.10 Å². The Labute approximate surface area is 112 Å². The Morgan fingerprint density at radius 2 is 2.11 bits per heavy atom. The standard InChI is InChI=1S/C13H21N3O3/c1-9-14-15-13(18)16(9)11-6-3-10(4-7-11)5-8-12(17)19-2/h10-11H,3-8H2,1-2H3,(H,15,18)/t10-,11-. The van der Waals surface area contributed by atoms with E-state index >= 15 is 0 Å². The van der Waals surface area contributed by atoms with E-state index in [9.17, 15) is 9.59 Å². The summed E-state index contributed by atoms with van der Waals surface area (Å²) in [5.41, 5.74) is -0.115. The third-order valence-corrected chi connectivity index (χ3v) is 4.05. The number of carbonyl (C=O) groups is 1. The number of hydrogen-bond donors (Lipinski definition) is 1. The highest BCUT2D eigenvalue weighted by Crippen LogP contribution is 2.34. The molecular weight excluding hydrogens is 246 g/mol. The lowest BCUT2D eigenvalue weighted by atomic mass is 9.83. The van der Waals surface area contributed by atoms with Crippen LogP contribution in [-0.4, -0.2) is 27.8 Å². The van der Waals surface area contributed by atoms with Crippen molar-refractivity contribution in [3.8, 4) is 0 Å². The third-order valence-electron chi connectivity index (χ3n) is 4.05. The molecule has 0 unspecified atom stereocenters. The predicted octanol–water partition coefficient (Wildman–Crippen LogP) is 1.56. The molecule has 0 amide bonds. The van der Waals surface area contributed by atoms with Crippen molar-refractivity contribution < 1.29 is 9.53 Å². The Balaban J connectivity index is 1.86. The van der Waals surface area contributed by atoms with Crippen molar-refractivity contribution >= 4 is 5.97 Å². The lowest BCUT2D eigenvalue weighted by Crippen LogP contribution is -2.27. The van der Waals surface area contributed by atoms with Crippen molar-refractivity contribution in [3.05, 3.63) is 16.3 Å². The molecule has 0 saturated heterocycles. The van der Waals surface area contributed by atoms with Gasteiger partial charge in [-0.25, -0.2) is 9.89 Å². The van der Waals surface area contributed by atoms with Crippen LogP contribution in [0.15, 0.2) is 4.79 Å². The minimum absolute atomic E-state index is 0.115. The van der Waals surface area contributed by atoms with Crippen molar-refractivity contribution in [2.24, 2.45) is 5.92 Å². The first-order valence-electron chi connectivity index (χ1n) is 6.82. The number of aromatic amines is 1. The molecule has 0 bridgehead atoms. The van der Waals surface area contributed by atoms with Crippen molar-refractivity contribution in [1.29, 1.82) is 0 Å². The molecular formula is C13H21N3O3. The van der Waals surface area contributed by atoms with Crippen LogP contribution in [-0.2, 0) is 9.53 Å².